The first-order chi connectivity index (χ1) is 9.22. The Bertz CT molecular complexity index is 613. The average molecular weight is 309 g/mol. The SMILES string of the molecule is CCC(CO)NS(=O)(=O)c1cc(C(=O)O)cc(F)c1F. The van der Waals surface area contributed by atoms with Gasteiger partial charge in [0.25, 0.3) is 0 Å². The van der Waals surface area contributed by atoms with E-state index in [0.29, 0.717) is 12.1 Å². The van der Waals surface area contributed by atoms with Gasteiger partial charge in [0.05, 0.1) is 12.2 Å². The molecule has 0 heterocycles. The van der Waals surface area contributed by atoms with E-state index in [1.165, 1.54) is 0 Å². The van der Waals surface area contributed by atoms with Crippen LogP contribution >= 0.6 is 0 Å². The summed E-state index contributed by atoms with van der Waals surface area (Å²) in [6.07, 6.45) is 0.221. The van der Waals surface area contributed by atoms with E-state index >= 15 is 0 Å². The zero-order chi connectivity index (χ0) is 15.5. The standard InChI is InChI=1S/C11H13F2NO5S/c1-2-7(5-15)14-20(18,19)9-4-6(11(16)17)3-8(12)10(9)13/h3-4,7,14-15H,2,5H2,1H3,(H,16,17). The number of hydrogen-bond donors (Lipinski definition) is 3. The average Bonchev–Trinajstić information content (AvgIpc) is 2.38. The Labute approximate surface area is 114 Å². The van der Waals surface area contributed by atoms with Crippen molar-refractivity contribution < 1.29 is 32.2 Å². The summed E-state index contributed by atoms with van der Waals surface area (Å²) in [6, 6.07) is 0.0312. The largest absolute Gasteiger partial charge is 0.478 e. The molecule has 0 fully saturated rings. The lowest BCUT2D eigenvalue weighted by Gasteiger charge is -2.15. The summed E-state index contributed by atoms with van der Waals surface area (Å²) in [5.41, 5.74) is -0.693. The summed E-state index contributed by atoms with van der Waals surface area (Å²) >= 11 is 0. The second kappa shape index (κ2) is 6.25. The topological polar surface area (TPSA) is 104 Å². The quantitative estimate of drug-likeness (QED) is 0.718. The van der Waals surface area contributed by atoms with Crippen molar-refractivity contribution in [2.24, 2.45) is 0 Å². The van der Waals surface area contributed by atoms with Crippen molar-refractivity contribution in [2.75, 3.05) is 6.61 Å². The summed E-state index contributed by atoms with van der Waals surface area (Å²) < 4.78 is 52.5. The number of halogens is 2. The fourth-order valence-electron chi connectivity index (χ4n) is 1.42. The molecule has 3 N–H and O–H groups in total. The summed E-state index contributed by atoms with van der Waals surface area (Å²) in [7, 11) is -4.48. The molecule has 0 aliphatic carbocycles. The molecule has 0 aliphatic heterocycles. The molecule has 1 unspecified atom stereocenters. The number of benzene rings is 1. The van der Waals surface area contributed by atoms with Crippen molar-refractivity contribution >= 4 is 16.0 Å². The molecule has 9 heteroatoms. The Morgan fingerprint density at radius 1 is 1.40 bits per heavy atom. The van der Waals surface area contributed by atoms with Crippen molar-refractivity contribution in [2.45, 2.75) is 24.3 Å². The molecule has 1 rings (SSSR count). The highest BCUT2D eigenvalue weighted by Crippen LogP contribution is 2.20. The molecule has 112 valence electrons. The van der Waals surface area contributed by atoms with Crippen LogP contribution in [-0.2, 0) is 10.0 Å². The number of aliphatic hydroxyl groups excluding tert-OH is 1. The number of aromatic carboxylic acids is 1. The maximum absolute atomic E-state index is 13.5. The summed E-state index contributed by atoms with van der Waals surface area (Å²) in [5, 5.41) is 17.6. The van der Waals surface area contributed by atoms with Gasteiger partial charge in [-0.2, -0.15) is 0 Å². The summed E-state index contributed by atoms with van der Waals surface area (Å²) in [4.78, 5) is 9.62. The molecule has 0 bridgehead atoms. The van der Waals surface area contributed by atoms with E-state index in [2.05, 4.69) is 0 Å². The first-order valence-corrected chi connectivity index (χ1v) is 7.06. The highest BCUT2D eigenvalue weighted by Gasteiger charge is 2.26. The van der Waals surface area contributed by atoms with Gasteiger partial charge in [0.2, 0.25) is 10.0 Å². The van der Waals surface area contributed by atoms with Crippen LogP contribution in [0.5, 0.6) is 0 Å². The van der Waals surface area contributed by atoms with Crippen LogP contribution in [0, 0.1) is 11.6 Å². The van der Waals surface area contributed by atoms with Crippen LogP contribution in [0.25, 0.3) is 0 Å². The second-order valence-corrected chi connectivity index (χ2v) is 5.67. The third-order valence-electron chi connectivity index (χ3n) is 2.57. The predicted octanol–water partition coefficient (Wildman–Crippen LogP) is 0.712. The van der Waals surface area contributed by atoms with Gasteiger partial charge in [0, 0.05) is 6.04 Å². The lowest BCUT2D eigenvalue weighted by molar-refractivity contribution is 0.0696. The third kappa shape index (κ3) is 3.50. The van der Waals surface area contributed by atoms with Crippen LogP contribution < -0.4 is 4.72 Å². The molecule has 1 atom stereocenters. The number of nitrogens with one attached hydrogen (secondary N) is 1. The van der Waals surface area contributed by atoms with Crippen LogP contribution in [0.2, 0.25) is 0 Å². The molecule has 0 saturated carbocycles. The first-order valence-electron chi connectivity index (χ1n) is 5.58. The van der Waals surface area contributed by atoms with Crippen LogP contribution in [0.1, 0.15) is 23.7 Å². The zero-order valence-corrected chi connectivity index (χ0v) is 11.2. The highest BCUT2D eigenvalue weighted by atomic mass is 32.2. The molecule has 0 spiro atoms. The van der Waals surface area contributed by atoms with Crippen molar-refractivity contribution in [1.82, 2.24) is 4.72 Å². The van der Waals surface area contributed by atoms with Crippen molar-refractivity contribution in [3.8, 4) is 0 Å². The van der Waals surface area contributed by atoms with E-state index < -0.39 is 50.7 Å². The predicted molar refractivity (Wildman–Crippen MR) is 64.8 cm³/mol. The lowest BCUT2D eigenvalue weighted by atomic mass is 10.2. The number of carboxylic acid groups (broad SMARTS) is 1. The Morgan fingerprint density at radius 3 is 2.45 bits per heavy atom. The molecule has 6 nitrogen and oxygen atoms in total. The molecular formula is C11H13F2NO5S. The second-order valence-electron chi connectivity index (χ2n) is 3.98. The van der Waals surface area contributed by atoms with Crippen LogP contribution in [-0.4, -0.2) is 37.2 Å². The first kappa shape index (κ1) is 16.5. The number of carboxylic acids is 1. The molecule has 1 aromatic rings. The fourth-order valence-corrected chi connectivity index (χ4v) is 2.84. The molecule has 1 aromatic carbocycles. The van der Waals surface area contributed by atoms with Crippen LogP contribution in [0.3, 0.4) is 0 Å². The maximum atomic E-state index is 13.5. The summed E-state index contributed by atoms with van der Waals surface area (Å²) in [6.45, 7) is 1.05. The van der Waals surface area contributed by atoms with Gasteiger partial charge in [-0.3, -0.25) is 0 Å². The van der Waals surface area contributed by atoms with E-state index in [1.807, 2.05) is 4.72 Å². The molecule has 0 radical (unpaired) electrons. The van der Waals surface area contributed by atoms with Gasteiger partial charge in [-0.05, 0) is 18.6 Å². The van der Waals surface area contributed by atoms with E-state index in [9.17, 15) is 22.0 Å². The molecule has 0 aromatic heterocycles. The fraction of sp³-hybridized carbons (Fsp3) is 0.364. The molecule has 0 aliphatic rings. The summed E-state index contributed by atoms with van der Waals surface area (Å²) in [5.74, 6) is -4.84. The van der Waals surface area contributed by atoms with E-state index in [-0.39, 0.29) is 6.42 Å². The van der Waals surface area contributed by atoms with Gasteiger partial charge in [-0.1, -0.05) is 6.92 Å². The molecular weight excluding hydrogens is 296 g/mol. The highest BCUT2D eigenvalue weighted by molar-refractivity contribution is 7.89. The van der Waals surface area contributed by atoms with Gasteiger partial charge < -0.3 is 10.2 Å². The van der Waals surface area contributed by atoms with Crippen LogP contribution in [0.15, 0.2) is 17.0 Å². The third-order valence-corrected chi connectivity index (χ3v) is 4.09. The van der Waals surface area contributed by atoms with E-state index in [0.717, 1.165) is 0 Å². The van der Waals surface area contributed by atoms with Gasteiger partial charge in [0.15, 0.2) is 11.6 Å². The minimum Gasteiger partial charge on any atom is -0.478 e. The van der Waals surface area contributed by atoms with Crippen molar-refractivity contribution in [3.05, 3.63) is 29.3 Å². The Kier molecular flexibility index (Phi) is 5.15. The molecule has 0 amide bonds. The van der Waals surface area contributed by atoms with Gasteiger partial charge in [0.1, 0.15) is 4.90 Å². The number of sulfonamides is 1. The Balaban J connectivity index is 3.34. The number of rotatable bonds is 6. The normalized spacial score (nSPS) is 13.2. The monoisotopic (exact) mass is 309 g/mol. The number of hydrogen-bond acceptors (Lipinski definition) is 4. The van der Waals surface area contributed by atoms with E-state index in [1.54, 1.807) is 6.92 Å². The Morgan fingerprint density at radius 2 is 2.00 bits per heavy atom. The van der Waals surface area contributed by atoms with Gasteiger partial charge in [-0.25, -0.2) is 26.7 Å². The zero-order valence-electron chi connectivity index (χ0n) is 10.4. The number of aliphatic hydroxyl groups is 1. The molecule has 0 saturated heterocycles. The molecule has 20 heavy (non-hydrogen) atoms. The lowest BCUT2D eigenvalue weighted by Crippen LogP contribution is -2.37. The smallest absolute Gasteiger partial charge is 0.335 e. The van der Waals surface area contributed by atoms with Crippen molar-refractivity contribution in [1.29, 1.82) is 0 Å². The van der Waals surface area contributed by atoms with Crippen LogP contribution in [0.4, 0.5) is 8.78 Å². The van der Waals surface area contributed by atoms with Gasteiger partial charge in [-0.15, -0.1) is 0 Å². The minimum atomic E-state index is -4.48. The van der Waals surface area contributed by atoms with Crippen molar-refractivity contribution in [3.63, 3.8) is 0 Å². The Hall–Kier alpha value is -1.58. The van der Waals surface area contributed by atoms with Gasteiger partial charge >= 0.3 is 5.97 Å². The maximum Gasteiger partial charge on any atom is 0.335 e. The van der Waals surface area contributed by atoms with E-state index in [4.69, 9.17) is 10.2 Å². The minimum absolute atomic E-state index is 0.221. The number of carbonyl (C=O) groups is 1.